The van der Waals surface area contributed by atoms with Crippen molar-refractivity contribution >= 4 is 11.7 Å². The molecule has 33 heavy (non-hydrogen) atoms. The Morgan fingerprint density at radius 2 is 1.45 bits per heavy atom. The summed E-state index contributed by atoms with van der Waals surface area (Å²) in [6, 6.07) is 26.6. The third-order valence-corrected chi connectivity index (χ3v) is 4.77. The molecule has 0 saturated heterocycles. The second kappa shape index (κ2) is 8.63. The molecular weight excluding hydrogens is 422 g/mol. The first kappa shape index (κ1) is 19.9. The van der Waals surface area contributed by atoms with Crippen molar-refractivity contribution in [3.05, 3.63) is 107 Å². The van der Waals surface area contributed by atoms with E-state index in [2.05, 4.69) is 25.9 Å². The van der Waals surface area contributed by atoms with Crippen LogP contribution in [0.25, 0.3) is 11.4 Å². The molecule has 0 aliphatic heterocycles. The lowest BCUT2D eigenvalue weighted by atomic mass is 10.2. The molecule has 2 aromatic heterocycles. The van der Waals surface area contributed by atoms with E-state index >= 15 is 0 Å². The largest absolute Gasteiger partial charge is 0.413 e. The molecule has 3 aromatic carbocycles. The second-order valence-corrected chi connectivity index (χ2v) is 6.92. The van der Waals surface area contributed by atoms with Gasteiger partial charge in [0, 0.05) is 5.56 Å². The van der Waals surface area contributed by atoms with Gasteiger partial charge in [0.05, 0.1) is 11.4 Å². The molecule has 10 nitrogen and oxygen atoms in total. The summed E-state index contributed by atoms with van der Waals surface area (Å²) < 4.78 is 8.47. The monoisotopic (exact) mass is 439 g/mol. The number of H-pyrrole nitrogens is 1. The van der Waals surface area contributed by atoms with Crippen LogP contribution in [0.5, 0.6) is 11.8 Å². The minimum Gasteiger partial charge on any atom is -0.413 e. The Morgan fingerprint density at radius 3 is 2.12 bits per heavy atom. The molecule has 2 heterocycles. The number of nitrogens with one attached hydrogen (secondary N) is 2. The molecule has 162 valence electrons. The number of rotatable bonds is 6. The number of hydrogen-bond donors (Lipinski definition) is 2. The average molecular weight is 439 g/mol. The molecule has 2 N–H and O–H groups in total. The average Bonchev–Trinajstić information content (AvgIpc) is 3.46. The Labute approximate surface area is 187 Å². The number of ether oxygens (including phenoxy) is 1. The number of hydrogen-bond acceptors (Lipinski definition) is 6. The lowest BCUT2D eigenvalue weighted by Crippen LogP contribution is -2.16. The van der Waals surface area contributed by atoms with E-state index < -0.39 is 11.5 Å². The van der Waals surface area contributed by atoms with Gasteiger partial charge in [0.25, 0.3) is 5.91 Å². The van der Waals surface area contributed by atoms with E-state index in [0.29, 0.717) is 16.9 Å². The van der Waals surface area contributed by atoms with E-state index in [9.17, 15) is 9.59 Å². The Balaban J connectivity index is 1.56. The molecule has 0 spiro atoms. The van der Waals surface area contributed by atoms with Crippen LogP contribution in [-0.2, 0) is 0 Å². The molecule has 0 atom stereocenters. The number of benzene rings is 3. The molecule has 5 aromatic rings. The number of aromatic nitrogens is 6. The Morgan fingerprint density at radius 1 is 0.848 bits per heavy atom. The fourth-order valence-electron chi connectivity index (χ4n) is 3.20. The maximum Gasteiger partial charge on any atom is 0.346 e. The topological polar surface area (TPSA) is 120 Å². The fraction of sp³-hybridized carbons (Fsp3) is 0. The molecule has 0 saturated carbocycles. The molecule has 0 fully saturated rings. The number of tetrazole rings is 1. The normalized spacial score (nSPS) is 10.7. The number of anilines is 1. The van der Waals surface area contributed by atoms with Crippen LogP contribution in [0.15, 0.2) is 95.8 Å². The fourth-order valence-corrected chi connectivity index (χ4v) is 3.20. The van der Waals surface area contributed by atoms with E-state index in [1.165, 1.54) is 9.36 Å². The van der Waals surface area contributed by atoms with Gasteiger partial charge >= 0.3 is 11.6 Å². The van der Waals surface area contributed by atoms with Crippen molar-refractivity contribution in [2.45, 2.75) is 0 Å². The number of carbonyl (C=O) groups excluding carboxylic acids is 1. The molecule has 0 unspecified atom stereocenters. The van der Waals surface area contributed by atoms with Crippen LogP contribution in [0.4, 0.5) is 5.82 Å². The quantitative estimate of drug-likeness (QED) is 0.419. The maximum absolute atomic E-state index is 13.3. The molecule has 0 bridgehead atoms. The smallest absolute Gasteiger partial charge is 0.346 e. The first-order chi connectivity index (χ1) is 16.2. The van der Waals surface area contributed by atoms with E-state index in [1.54, 1.807) is 60.7 Å². The summed E-state index contributed by atoms with van der Waals surface area (Å²) >= 11 is 0. The molecule has 5 rings (SSSR count). The van der Waals surface area contributed by atoms with E-state index in [-0.39, 0.29) is 17.6 Å². The Hall–Kier alpha value is -4.99. The SMILES string of the molecule is O=C(Nc1[nH]n(-c2ccccc2)c(=O)c1Oc1nnnn1-c1ccccc1)c1ccccc1. The van der Waals surface area contributed by atoms with Gasteiger partial charge in [-0.25, -0.2) is 4.68 Å². The van der Waals surface area contributed by atoms with E-state index in [4.69, 9.17) is 4.74 Å². The van der Waals surface area contributed by atoms with Crippen molar-refractivity contribution in [2.24, 2.45) is 0 Å². The number of amides is 1. The minimum atomic E-state index is -0.521. The zero-order chi connectivity index (χ0) is 22.6. The van der Waals surface area contributed by atoms with Gasteiger partial charge in [-0.05, 0) is 46.8 Å². The van der Waals surface area contributed by atoms with Crippen LogP contribution in [0.3, 0.4) is 0 Å². The number of para-hydroxylation sites is 2. The van der Waals surface area contributed by atoms with Crippen LogP contribution in [0, 0.1) is 0 Å². The van der Waals surface area contributed by atoms with Crippen LogP contribution in [-0.4, -0.2) is 35.9 Å². The van der Waals surface area contributed by atoms with Gasteiger partial charge in [-0.2, -0.15) is 4.68 Å². The predicted octanol–water partition coefficient (Wildman–Crippen LogP) is 3.19. The van der Waals surface area contributed by atoms with Crippen LogP contribution < -0.4 is 15.6 Å². The molecular formula is C23H17N7O3. The summed E-state index contributed by atoms with van der Waals surface area (Å²) in [7, 11) is 0. The van der Waals surface area contributed by atoms with Crippen molar-refractivity contribution in [3.8, 4) is 23.1 Å². The summed E-state index contributed by atoms with van der Waals surface area (Å²) in [5, 5.41) is 17.1. The lowest BCUT2D eigenvalue weighted by molar-refractivity contribution is 0.102. The first-order valence-corrected chi connectivity index (χ1v) is 9.99. The third-order valence-electron chi connectivity index (χ3n) is 4.77. The van der Waals surface area contributed by atoms with Crippen molar-refractivity contribution < 1.29 is 9.53 Å². The molecule has 1 amide bonds. The van der Waals surface area contributed by atoms with Crippen molar-refractivity contribution in [2.75, 3.05) is 5.32 Å². The molecule has 0 aliphatic rings. The number of nitrogens with zero attached hydrogens (tertiary/aromatic N) is 5. The highest BCUT2D eigenvalue weighted by Gasteiger charge is 2.23. The summed E-state index contributed by atoms with van der Waals surface area (Å²) in [5.41, 5.74) is 1.11. The van der Waals surface area contributed by atoms with E-state index in [0.717, 1.165) is 0 Å². The lowest BCUT2D eigenvalue weighted by Gasteiger charge is -2.07. The van der Waals surface area contributed by atoms with Crippen LogP contribution >= 0.6 is 0 Å². The zero-order valence-corrected chi connectivity index (χ0v) is 17.1. The van der Waals surface area contributed by atoms with Gasteiger partial charge in [0.2, 0.25) is 5.75 Å². The van der Waals surface area contributed by atoms with Crippen LogP contribution in [0.1, 0.15) is 10.4 Å². The summed E-state index contributed by atoms with van der Waals surface area (Å²) in [4.78, 5) is 26.0. The predicted molar refractivity (Wildman–Crippen MR) is 120 cm³/mol. The number of carbonyl (C=O) groups is 1. The number of aromatic amines is 1. The molecule has 0 aliphatic carbocycles. The second-order valence-electron chi connectivity index (χ2n) is 6.92. The summed E-state index contributed by atoms with van der Waals surface area (Å²) in [6.45, 7) is 0. The summed E-state index contributed by atoms with van der Waals surface area (Å²) in [6.07, 6.45) is 0. The van der Waals surface area contributed by atoms with Crippen molar-refractivity contribution in [3.63, 3.8) is 0 Å². The molecule has 0 radical (unpaired) electrons. The van der Waals surface area contributed by atoms with Gasteiger partial charge in [0.1, 0.15) is 0 Å². The van der Waals surface area contributed by atoms with Crippen molar-refractivity contribution in [1.82, 2.24) is 30.0 Å². The highest BCUT2D eigenvalue weighted by molar-refractivity contribution is 6.04. The molecule has 10 heteroatoms. The van der Waals surface area contributed by atoms with Gasteiger partial charge in [-0.3, -0.25) is 14.7 Å². The third kappa shape index (κ3) is 4.00. The minimum absolute atomic E-state index is 0.0345. The van der Waals surface area contributed by atoms with Gasteiger partial charge in [-0.15, -0.1) is 0 Å². The zero-order valence-electron chi connectivity index (χ0n) is 17.1. The highest BCUT2D eigenvalue weighted by atomic mass is 16.5. The highest BCUT2D eigenvalue weighted by Crippen LogP contribution is 2.26. The van der Waals surface area contributed by atoms with Gasteiger partial charge < -0.3 is 10.1 Å². The van der Waals surface area contributed by atoms with Gasteiger partial charge in [-0.1, -0.05) is 59.7 Å². The Kier molecular flexibility index (Phi) is 5.22. The Bertz CT molecular complexity index is 1440. The maximum atomic E-state index is 13.3. The van der Waals surface area contributed by atoms with E-state index in [1.807, 2.05) is 30.3 Å². The van der Waals surface area contributed by atoms with Gasteiger partial charge in [0.15, 0.2) is 5.82 Å². The van der Waals surface area contributed by atoms with Crippen LogP contribution in [0.2, 0.25) is 0 Å². The first-order valence-electron chi connectivity index (χ1n) is 9.99. The van der Waals surface area contributed by atoms with Crippen molar-refractivity contribution in [1.29, 1.82) is 0 Å². The standard InChI is InChI=1S/C23H17N7O3/c31-21(16-10-4-1-5-11-16)24-20-19(22(32)29(26-20)17-12-6-2-7-13-17)33-23-25-27-28-30(23)18-14-8-3-9-15-18/h1-15,26H,(H,24,31). The summed E-state index contributed by atoms with van der Waals surface area (Å²) in [5.74, 6) is -0.500.